The first kappa shape index (κ1) is 27.0. The Hall–Kier alpha value is -2.29. The second kappa shape index (κ2) is 12.3. The van der Waals surface area contributed by atoms with Crippen LogP contribution in [0.25, 0.3) is 0 Å². The Morgan fingerprint density at radius 1 is 1.06 bits per heavy atom. The molecule has 7 nitrogen and oxygen atoms in total. The van der Waals surface area contributed by atoms with Gasteiger partial charge in [0.2, 0.25) is 21.8 Å². The predicted molar refractivity (Wildman–Crippen MR) is 133 cm³/mol. The van der Waals surface area contributed by atoms with E-state index in [0.717, 1.165) is 11.8 Å². The van der Waals surface area contributed by atoms with Crippen molar-refractivity contribution in [3.8, 4) is 0 Å². The number of hydrogen-bond donors (Lipinski definition) is 1. The van der Waals surface area contributed by atoms with Crippen LogP contribution in [0.5, 0.6) is 0 Å². The molecule has 1 atom stereocenters. The van der Waals surface area contributed by atoms with Crippen molar-refractivity contribution in [1.82, 2.24) is 10.2 Å². The number of nitrogens with zero attached hydrogens (tertiary/aromatic N) is 2. The third-order valence-electron chi connectivity index (χ3n) is 5.15. The number of sulfonamides is 1. The van der Waals surface area contributed by atoms with Gasteiger partial charge >= 0.3 is 0 Å². The Morgan fingerprint density at radius 3 is 2.27 bits per heavy atom. The quantitative estimate of drug-likeness (QED) is 0.490. The number of likely N-dealkylation sites (N-methyl/N-ethyl adjacent to an activating group) is 1. The molecule has 2 aromatic carbocycles. The molecule has 0 spiro atoms. The van der Waals surface area contributed by atoms with E-state index in [1.165, 1.54) is 16.3 Å². The summed E-state index contributed by atoms with van der Waals surface area (Å²) in [6.45, 7) is 2.19. The molecule has 0 fully saturated rings. The van der Waals surface area contributed by atoms with Crippen molar-refractivity contribution in [2.75, 3.05) is 24.2 Å². The van der Waals surface area contributed by atoms with Crippen LogP contribution < -0.4 is 9.62 Å². The van der Waals surface area contributed by atoms with Crippen molar-refractivity contribution in [3.63, 3.8) is 0 Å². The second-order valence-electron chi connectivity index (χ2n) is 7.60. The van der Waals surface area contributed by atoms with Gasteiger partial charge in [0.15, 0.2) is 0 Å². The van der Waals surface area contributed by atoms with E-state index < -0.39 is 16.1 Å². The van der Waals surface area contributed by atoms with E-state index in [0.29, 0.717) is 22.2 Å². The highest BCUT2D eigenvalue weighted by Crippen LogP contribution is 2.23. The first-order chi connectivity index (χ1) is 15.6. The summed E-state index contributed by atoms with van der Waals surface area (Å²) in [5.74, 6) is -0.489. The van der Waals surface area contributed by atoms with Gasteiger partial charge in [-0.05, 0) is 48.7 Å². The first-order valence-electron chi connectivity index (χ1n) is 10.6. The predicted octanol–water partition coefficient (Wildman–Crippen LogP) is 4.09. The highest BCUT2D eigenvalue weighted by atomic mass is 35.5. The number of halogens is 2. The van der Waals surface area contributed by atoms with E-state index >= 15 is 0 Å². The van der Waals surface area contributed by atoms with Crippen LogP contribution in [-0.2, 0) is 26.2 Å². The fourth-order valence-electron chi connectivity index (χ4n) is 3.51. The van der Waals surface area contributed by atoms with Crippen LogP contribution in [0.3, 0.4) is 0 Å². The first-order valence-corrected chi connectivity index (χ1v) is 13.2. The van der Waals surface area contributed by atoms with Crippen LogP contribution in [0.4, 0.5) is 5.69 Å². The van der Waals surface area contributed by atoms with Crippen molar-refractivity contribution in [2.24, 2.45) is 0 Å². The number of carbonyl (C=O) groups is 2. The van der Waals surface area contributed by atoms with Crippen LogP contribution in [-0.4, -0.2) is 51.0 Å². The topological polar surface area (TPSA) is 86.8 Å². The number of hydrogen-bond acceptors (Lipinski definition) is 4. The number of anilines is 1. The van der Waals surface area contributed by atoms with Gasteiger partial charge in [0.1, 0.15) is 6.04 Å². The number of benzene rings is 2. The molecule has 0 unspecified atom stereocenters. The van der Waals surface area contributed by atoms with Crippen LogP contribution in [0, 0.1) is 0 Å². The number of rotatable bonds is 11. The molecule has 0 bridgehead atoms. The summed E-state index contributed by atoms with van der Waals surface area (Å²) in [7, 11) is -2.04. The van der Waals surface area contributed by atoms with Crippen molar-refractivity contribution in [3.05, 3.63) is 64.1 Å². The molecule has 2 aromatic rings. The molecule has 1 N–H and O–H groups in total. The lowest BCUT2D eigenvalue weighted by atomic mass is 10.1. The zero-order chi connectivity index (χ0) is 24.6. The number of amides is 2. The minimum absolute atomic E-state index is 0.0771. The van der Waals surface area contributed by atoms with Gasteiger partial charge in [0, 0.05) is 36.6 Å². The molecule has 0 saturated carbocycles. The number of carbonyl (C=O) groups excluding carboxylic acids is 2. The van der Waals surface area contributed by atoms with Crippen molar-refractivity contribution in [2.45, 2.75) is 38.8 Å². The maximum absolute atomic E-state index is 13.2. The van der Waals surface area contributed by atoms with Crippen LogP contribution in [0.15, 0.2) is 48.5 Å². The summed E-state index contributed by atoms with van der Waals surface area (Å²) in [6.07, 6.45) is 1.91. The van der Waals surface area contributed by atoms with Gasteiger partial charge in [-0.1, -0.05) is 48.3 Å². The minimum atomic E-state index is -3.57. The zero-order valence-electron chi connectivity index (χ0n) is 18.9. The monoisotopic (exact) mass is 513 g/mol. The highest BCUT2D eigenvalue weighted by Gasteiger charge is 2.28. The van der Waals surface area contributed by atoms with Crippen molar-refractivity contribution < 1.29 is 18.0 Å². The molecule has 0 saturated heterocycles. The second-order valence-corrected chi connectivity index (χ2v) is 10.4. The molecule has 0 radical (unpaired) electrons. The lowest BCUT2D eigenvalue weighted by Gasteiger charge is -2.30. The largest absolute Gasteiger partial charge is 0.357 e. The highest BCUT2D eigenvalue weighted by molar-refractivity contribution is 7.92. The molecule has 10 heteroatoms. The van der Waals surface area contributed by atoms with Gasteiger partial charge in [0.25, 0.3) is 0 Å². The average Bonchev–Trinajstić information content (AvgIpc) is 2.76. The fourth-order valence-corrected chi connectivity index (χ4v) is 4.78. The summed E-state index contributed by atoms with van der Waals surface area (Å²) in [4.78, 5) is 27.2. The van der Waals surface area contributed by atoms with Crippen molar-refractivity contribution >= 4 is 50.7 Å². The summed E-state index contributed by atoms with van der Waals surface area (Å²) < 4.78 is 25.9. The van der Waals surface area contributed by atoms with E-state index in [2.05, 4.69) is 5.32 Å². The van der Waals surface area contributed by atoms with Gasteiger partial charge in [-0.15, -0.1) is 0 Å². The van der Waals surface area contributed by atoms with Gasteiger partial charge in [0.05, 0.1) is 11.9 Å². The summed E-state index contributed by atoms with van der Waals surface area (Å²) >= 11 is 12.0. The molecule has 33 heavy (non-hydrogen) atoms. The molecule has 0 heterocycles. The molecule has 2 amide bonds. The maximum Gasteiger partial charge on any atom is 0.242 e. The van der Waals surface area contributed by atoms with E-state index in [1.807, 2.05) is 19.1 Å². The summed E-state index contributed by atoms with van der Waals surface area (Å²) in [6, 6.07) is 13.0. The average molecular weight is 514 g/mol. The Labute approximate surface area is 205 Å². The van der Waals surface area contributed by atoms with E-state index in [9.17, 15) is 18.0 Å². The third-order valence-corrected chi connectivity index (χ3v) is 6.83. The van der Waals surface area contributed by atoms with Gasteiger partial charge in [-0.25, -0.2) is 8.42 Å². The van der Waals surface area contributed by atoms with Gasteiger partial charge < -0.3 is 10.2 Å². The lowest BCUT2D eigenvalue weighted by molar-refractivity contribution is -0.141. The summed E-state index contributed by atoms with van der Waals surface area (Å²) in [5, 5.41) is 3.61. The van der Waals surface area contributed by atoms with Gasteiger partial charge in [-0.3, -0.25) is 13.9 Å². The molecular formula is C23H29Cl2N3O4S. The molecule has 0 aliphatic carbocycles. The molecule has 0 aliphatic heterocycles. The lowest BCUT2D eigenvalue weighted by Crippen LogP contribution is -2.48. The van der Waals surface area contributed by atoms with E-state index in [4.69, 9.17) is 23.2 Å². The Kier molecular flexibility index (Phi) is 10.0. The smallest absolute Gasteiger partial charge is 0.242 e. The van der Waals surface area contributed by atoms with Crippen molar-refractivity contribution in [1.29, 1.82) is 0 Å². The van der Waals surface area contributed by atoms with Crippen LogP contribution in [0.1, 0.15) is 31.7 Å². The molecular weight excluding hydrogens is 485 g/mol. The molecule has 0 aliphatic rings. The normalized spacial score (nSPS) is 12.2. The zero-order valence-corrected chi connectivity index (χ0v) is 21.3. The Morgan fingerprint density at radius 2 is 1.73 bits per heavy atom. The third kappa shape index (κ3) is 7.91. The molecule has 0 aromatic heterocycles. The van der Waals surface area contributed by atoms with Gasteiger partial charge in [-0.2, -0.15) is 0 Å². The molecule has 180 valence electrons. The van der Waals surface area contributed by atoms with E-state index in [1.54, 1.807) is 36.4 Å². The fraction of sp³-hybridized carbons (Fsp3) is 0.391. The van der Waals surface area contributed by atoms with Crippen LogP contribution in [0.2, 0.25) is 10.0 Å². The number of nitrogens with one attached hydrogen (secondary N) is 1. The standard InChI is InChI=1S/C23H29Cl2N3O4S/c1-4-21(23(30)26-2)27(16-17-10-12-18(24)13-11-17)22(29)9-6-14-28(33(3,31)32)20-8-5-7-19(25)15-20/h5,7-8,10-13,15,21H,4,6,9,14,16H2,1-3H3,(H,26,30)/t21-/m1/s1. The van der Waals surface area contributed by atoms with Crippen LogP contribution >= 0.6 is 23.2 Å². The summed E-state index contributed by atoms with van der Waals surface area (Å²) in [5.41, 5.74) is 1.28. The Balaban J connectivity index is 2.18. The minimum Gasteiger partial charge on any atom is -0.357 e. The van der Waals surface area contributed by atoms with E-state index in [-0.39, 0.29) is 37.7 Å². The Bertz CT molecular complexity index is 1060. The maximum atomic E-state index is 13.2. The SMILES string of the molecule is CC[C@H](C(=O)NC)N(Cc1ccc(Cl)cc1)C(=O)CCCN(c1cccc(Cl)c1)S(C)(=O)=O. The molecule has 2 rings (SSSR count).